The predicted molar refractivity (Wildman–Crippen MR) is 60.3 cm³/mol. The molecule has 1 fully saturated rings. The minimum atomic E-state index is -0.619. The summed E-state index contributed by atoms with van der Waals surface area (Å²) in [6.07, 6.45) is -0.533. The van der Waals surface area contributed by atoms with Crippen molar-refractivity contribution >= 4 is 11.8 Å². The smallest absolute Gasteiger partial charge is 0.311 e. The van der Waals surface area contributed by atoms with Crippen LogP contribution in [0.2, 0.25) is 0 Å². The van der Waals surface area contributed by atoms with Crippen LogP contribution in [0, 0.1) is 0 Å². The van der Waals surface area contributed by atoms with Crippen molar-refractivity contribution in [2.75, 3.05) is 46.9 Å². The van der Waals surface area contributed by atoms with Crippen LogP contribution in [0.15, 0.2) is 0 Å². The molecule has 0 radical (unpaired) electrons. The Balaban J connectivity index is 2.33. The minimum Gasteiger partial charge on any atom is -0.354 e. The van der Waals surface area contributed by atoms with Crippen LogP contribution in [0.5, 0.6) is 0 Å². The molecule has 0 saturated carbocycles. The summed E-state index contributed by atoms with van der Waals surface area (Å²) < 4.78 is 9.81. The van der Waals surface area contributed by atoms with Gasteiger partial charge in [0, 0.05) is 40.4 Å². The summed E-state index contributed by atoms with van der Waals surface area (Å²) in [6.45, 7) is 2.72. The number of hydrogen-bond acceptors (Lipinski definition) is 5. The van der Waals surface area contributed by atoms with Gasteiger partial charge in [-0.25, -0.2) is 0 Å². The monoisotopic (exact) mass is 245 g/mol. The van der Waals surface area contributed by atoms with Crippen molar-refractivity contribution in [1.82, 2.24) is 15.5 Å². The number of nitrogens with one attached hydrogen (secondary N) is 2. The largest absolute Gasteiger partial charge is 0.354 e. The number of amides is 2. The molecule has 0 atom stereocenters. The molecule has 0 bridgehead atoms. The van der Waals surface area contributed by atoms with E-state index in [2.05, 4.69) is 10.6 Å². The molecule has 1 rings (SSSR count). The van der Waals surface area contributed by atoms with Crippen LogP contribution in [-0.4, -0.2) is 69.9 Å². The molecule has 1 saturated heterocycles. The molecule has 0 aromatic rings. The summed E-state index contributed by atoms with van der Waals surface area (Å²) >= 11 is 0. The number of carbonyl (C=O) groups is 2. The first-order valence-corrected chi connectivity index (χ1v) is 5.52. The Morgan fingerprint density at radius 1 is 1.29 bits per heavy atom. The SMILES string of the molecule is COC(CNC(=O)C(=O)N1CCNCC1)OC. The van der Waals surface area contributed by atoms with E-state index in [1.807, 2.05) is 0 Å². The van der Waals surface area contributed by atoms with Crippen LogP contribution in [0.4, 0.5) is 0 Å². The molecule has 1 aliphatic rings. The average molecular weight is 245 g/mol. The molecule has 7 nitrogen and oxygen atoms in total. The van der Waals surface area contributed by atoms with E-state index < -0.39 is 18.1 Å². The average Bonchev–Trinajstić information content (AvgIpc) is 2.39. The fourth-order valence-electron chi connectivity index (χ4n) is 1.53. The third kappa shape index (κ3) is 4.29. The summed E-state index contributed by atoms with van der Waals surface area (Å²) in [7, 11) is 2.94. The van der Waals surface area contributed by atoms with Crippen molar-refractivity contribution in [3.8, 4) is 0 Å². The van der Waals surface area contributed by atoms with Crippen molar-refractivity contribution < 1.29 is 19.1 Å². The normalized spacial score (nSPS) is 16.1. The van der Waals surface area contributed by atoms with Crippen LogP contribution >= 0.6 is 0 Å². The highest BCUT2D eigenvalue weighted by Gasteiger charge is 2.23. The van der Waals surface area contributed by atoms with E-state index in [9.17, 15) is 9.59 Å². The van der Waals surface area contributed by atoms with Crippen LogP contribution in [0.25, 0.3) is 0 Å². The van der Waals surface area contributed by atoms with Gasteiger partial charge in [0.2, 0.25) is 0 Å². The number of rotatable bonds is 4. The van der Waals surface area contributed by atoms with Gasteiger partial charge in [0.05, 0.1) is 6.54 Å². The molecular weight excluding hydrogens is 226 g/mol. The van der Waals surface area contributed by atoms with E-state index in [0.29, 0.717) is 13.1 Å². The van der Waals surface area contributed by atoms with Gasteiger partial charge in [-0.15, -0.1) is 0 Å². The van der Waals surface area contributed by atoms with Gasteiger partial charge in [0.25, 0.3) is 0 Å². The third-order valence-corrected chi connectivity index (χ3v) is 2.55. The number of nitrogens with zero attached hydrogens (tertiary/aromatic N) is 1. The zero-order valence-corrected chi connectivity index (χ0v) is 10.2. The van der Waals surface area contributed by atoms with Gasteiger partial charge in [-0.3, -0.25) is 9.59 Å². The molecule has 0 aromatic carbocycles. The molecular formula is C10H19N3O4. The van der Waals surface area contributed by atoms with E-state index >= 15 is 0 Å². The summed E-state index contributed by atoms with van der Waals surface area (Å²) in [4.78, 5) is 24.8. The second-order valence-electron chi connectivity index (χ2n) is 3.65. The Bertz CT molecular complexity index is 262. The zero-order valence-electron chi connectivity index (χ0n) is 10.2. The van der Waals surface area contributed by atoms with Crippen molar-refractivity contribution in [2.45, 2.75) is 6.29 Å². The van der Waals surface area contributed by atoms with Gasteiger partial charge in [-0.1, -0.05) is 0 Å². The molecule has 0 spiro atoms. The predicted octanol–water partition coefficient (Wildman–Crippen LogP) is -1.85. The number of piperazine rings is 1. The molecule has 0 aliphatic carbocycles. The first-order valence-electron chi connectivity index (χ1n) is 5.52. The molecule has 1 heterocycles. The molecule has 1 aliphatic heterocycles. The quantitative estimate of drug-likeness (QED) is 0.449. The fraction of sp³-hybridized carbons (Fsp3) is 0.800. The Kier molecular flexibility index (Phi) is 5.88. The zero-order chi connectivity index (χ0) is 12.7. The van der Waals surface area contributed by atoms with E-state index in [1.54, 1.807) is 0 Å². The summed E-state index contributed by atoms with van der Waals surface area (Å²) in [5.41, 5.74) is 0. The van der Waals surface area contributed by atoms with Crippen molar-refractivity contribution in [3.05, 3.63) is 0 Å². The standard InChI is InChI=1S/C10H19N3O4/c1-16-8(17-2)7-12-9(14)10(15)13-5-3-11-4-6-13/h8,11H,3-7H2,1-2H3,(H,12,14). The molecule has 7 heteroatoms. The number of ether oxygens (including phenoxy) is 2. The maximum Gasteiger partial charge on any atom is 0.311 e. The van der Waals surface area contributed by atoms with E-state index in [0.717, 1.165) is 13.1 Å². The van der Waals surface area contributed by atoms with Crippen molar-refractivity contribution in [2.24, 2.45) is 0 Å². The maximum atomic E-state index is 11.7. The molecule has 98 valence electrons. The van der Waals surface area contributed by atoms with E-state index in [-0.39, 0.29) is 6.54 Å². The second-order valence-corrected chi connectivity index (χ2v) is 3.65. The Morgan fingerprint density at radius 3 is 2.41 bits per heavy atom. The summed E-state index contributed by atoms with van der Waals surface area (Å²) in [5, 5.41) is 5.59. The lowest BCUT2D eigenvalue weighted by Crippen LogP contribution is -2.52. The molecule has 2 amide bonds. The van der Waals surface area contributed by atoms with Crippen molar-refractivity contribution in [3.63, 3.8) is 0 Å². The van der Waals surface area contributed by atoms with Crippen LogP contribution in [-0.2, 0) is 19.1 Å². The Labute approximate surface area is 100 Å². The lowest BCUT2D eigenvalue weighted by atomic mass is 10.3. The highest BCUT2D eigenvalue weighted by molar-refractivity contribution is 6.35. The van der Waals surface area contributed by atoms with Crippen LogP contribution < -0.4 is 10.6 Å². The van der Waals surface area contributed by atoms with Gasteiger partial charge in [0.15, 0.2) is 6.29 Å². The number of methoxy groups -OCH3 is 2. The van der Waals surface area contributed by atoms with Gasteiger partial charge < -0.3 is 25.0 Å². The molecule has 17 heavy (non-hydrogen) atoms. The third-order valence-electron chi connectivity index (χ3n) is 2.55. The second kappa shape index (κ2) is 7.21. The van der Waals surface area contributed by atoms with Crippen LogP contribution in [0.1, 0.15) is 0 Å². The van der Waals surface area contributed by atoms with Gasteiger partial charge in [-0.2, -0.15) is 0 Å². The maximum absolute atomic E-state index is 11.7. The number of carbonyl (C=O) groups excluding carboxylic acids is 2. The fourth-order valence-corrected chi connectivity index (χ4v) is 1.53. The van der Waals surface area contributed by atoms with E-state index in [4.69, 9.17) is 9.47 Å². The lowest BCUT2D eigenvalue weighted by molar-refractivity contribution is -0.148. The molecule has 0 aromatic heterocycles. The first-order chi connectivity index (χ1) is 8.19. The Hall–Kier alpha value is -1.18. The van der Waals surface area contributed by atoms with Crippen molar-refractivity contribution in [1.29, 1.82) is 0 Å². The highest BCUT2D eigenvalue weighted by Crippen LogP contribution is 1.94. The molecule has 2 N–H and O–H groups in total. The Morgan fingerprint density at radius 2 is 1.88 bits per heavy atom. The topological polar surface area (TPSA) is 79.9 Å². The lowest BCUT2D eigenvalue weighted by Gasteiger charge is -2.26. The van der Waals surface area contributed by atoms with Gasteiger partial charge in [0.1, 0.15) is 0 Å². The molecule has 0 unspecified atom stereocenters. The highest BCUT2D eigenvalue weighted by atomic mass is 16.7. The van der Waals surface area contributed by atoms with Crippen LogP contribution in [0.3, 0.4) is 0 Å². The van der Waals surface area contributed by atoms with E-state index in [1.165, 1.54) is 19.1 Å². The summed E-state index contributed by atoms with van der Waals surface area (Å²) in [5.74, 6) is -1.12. The minimum absolute atomic E-state index is 0.156. The summed E-state index contributed by atoms with van der Waals surface area (Å²) in [6, 6.07) is 0. The number of hydrogen-bond donors (Lipinski definition) is 2. The first kappa shape index (κ1) is 13.9. The van der Waals surface area contributed by atoms with Gasteiger partial charge in [-0.05, 0) is 0 Å². The van der Waals surface area contributed by atoms with Gasteiger partial charge >= 0.3 is 11.8 Å².